The van der Waals surface area contributed by atoms with Crippen molar-refractivity contribution in [3.8, 4) is 5.75 Å². The number of urea groups is 1. The van der Waals surface area contributed by atoms with Crippen molar-refractivity contribution in [1.82, 2.24) is 10.2 Å². The third-order valence-electron chi connectivity index (χ3n) is 4.67. The zero-order valence-corrected chi connectivity index (χ0v) is 18.3. The van der Waals surface area contributed by atoms with E-state index in [1.165, 1.54) is 6.07 Å². The molecule has 1 atom stereocenters. The molecule has 0 aliphatic heterocycles. The lowest BCUT2D eigenvalue weighted by atomic mass is 10.1. The van der Waals surface area contributed by atoms with Crippen LogP contribution in [0, 0.1) is 0 Å². The van der Waals surface area contributed by atoms with Crippen molar-refractivity contribution >= 4 is 16.1 Å². The highest BCUT2D eigenvalue weighted by molar-refractivity contribution is 7.87. The molecule has 2 amide bonds. The van der Waals surface area contributed by atoms with Gasteiger partial charge in [-0.3, -0.25) is 0 Å². The predicted molar refractivity (Wildman–Crippen MR) is 110 cm³/mol. The number of carbonyl (C=O) groups is 1. The number of hydrogen-bond acceptors (Lipinski definition) is 4. The molecule has 2 aromatic carbocycles. The Labute approximate surface area is 180 Å². The Morgan fingerprint density at radius 2 is 1.81 bits per heavy atom. The largest absolute Gasteiger partial charge is 0.416 e. The Bertz CT molecular complexity index is 1010. The molecule has 1 unspecified atom stereocenters. The molecular formula is C21H25F3N2O4S. The molecule has 0 aliphatic rings. The van der Waals surface area contributed by atoms with Crippen LogP contribution in [0.3, 0.4) is 0 Å². The van der Waals surface area contributed by atoms with E-state index in [2.05, 4.69) is 5.32 Å². The molecule has 0 saturated heterocycles. The maximum absolute atomic E-state index is 13.0. The number of nitrogens with zero attached hydrogens (tertiary/aromatic N) is 1. The van der Waals surface area contributed by atoms with Gasteiger partial charge in [0, 0.05) is 18.2 Å². The number of para-hydroxylation sites is 1. The molecule has 2 rings (SSSR count). The van der Waals surface area contributed by atoms with Crippen LogP contribution >= 0.6 is 0 Å². The van der Waals surface area contributed by atoms with Gasteiger partial charge in [-0.2, -0.15) is 21.6 Å². The molecule has 0 aliphatic carbocycles. The fraction of sp³-hybridized carbons (Fsp3) is 0.381. The third kappa shape index (κ3) is 6.36. The number of rotatable bonds is 8. The van der Waals surface area contributed by atoms with Gasteiger partial charge in [0.1, 0.15) is 10.6 Å². The lowest BCUT2D eigenvalue weighted by Crippen LogP contribution is -2.44. The van der Waals surface area contributed by atoms with Crippen LogP contribution in [-0.2, 0) is 22.8 Å². The zero-order valence-electron chi connectivity index (χ0n) is 17.4. The second-order valence-electron chi connectivity index (χ2n) is 6.89. The summed E-state index contributed by atoms with van der Waals surface area (Å²) < 4.78 is 69.4. The zero-order chi connectivity index (χ0) is 23.2. The Morgan fingerprint density at radius 1 is 1.13 bits per heavy atom. The van der Waals surface area contributed by atoms with E-state index >= 15 is 0 Å². The van der Waals surface area contributed by atoms with Gasteiger partial charge in [-0.25, -0.2) is 4.79 Å². The van der Waals surface area contributed by atoms with Crippen molar-refractivity contribution in [2.75, 3.05) is 6.54 Å². The van der Waals surface area contributed by atoms with Gasteiger partial charge in [0.05, 0.1) is 12.1 Å². The van der Waals surface area contributed by atoms with Crippen LogP contribution in [0.1, 0.15) is 38.3 Å². The number of hydrogen-bond donors (Lipinski definition) is 1. The summed E-state index contributed by atoms with van der Waals surface area (Å²) in [7, 11) is -4.53. The van der Waals surface area contributed by atoms with Gasteiger partial charge in [0.2, 0.25) is 0 Å². The maximum Gasteiger partial charge on any atom is 0.416 e. The molecular weight excluding hydrogens is 433 g/mol. The number of amides is 2. The van der Waals surface area contributed by atoms with E-state index in [1.807, 2.05) is 13.8 Å². The monoisotopic (exact) mass is 458 g/mol. The summed E-state index contributed by atoms with van der Waals surface area (Å²) in [5.74, 6) is -0.0579. The molecule has 0 spiro atoms. The van der Waals surface area contributed by atoms with Crippen LogP contribution in [0.15, 0.2) is 53.4 Å². The highest BCUT2D eigenvalue weighted by atomic mass is 32.2. The summed E-state index contributed by atoms with van der Waals surface area (Å²) in [6.07, 6.45) is -4.02. The average molecular weight is 459 g/mol. The van der Waals surface area contributed by atoms with Gasteiger partial charge in [-0.15, -0.1) is 0 Å². The van der Waals surface area contributed by atoms with Crippen LogP contribution in [0.25, 0.3) is 0 Å². The number of benzene rings is 2. The highest BCUT2D eigenvalue weighted by Gasteiger charge is 2.32. The van der Waals surface area contributed by atoms with Gasteiger partial charge in [0.25, 0.3) is 0 Å². The topological polar surface area (TPSA) is 75.7 Å². The molecule has 0 aromatic heterocycles. The number of alkyl halides is 3. The summed E-state index contributed by atoms with van der Waals surface area (Å²) in [6, 6.07) is 9.09. The lowest BCUT2D eigenvalue weighted by Gasteiger charge is -2.29. The van der Waals surface area contributed by atoms with E-state index in [9.17, 15) is 26.4 Å². The van der Waals surface area contributed by atoms with E-state index in [0.29, 0.717) is 24.6 Å². The first kappa shape index (κ1) is 24.5. The highest BCUT2D eigenvalue weighted by Crippen LogP contribution is 2.31. The van der Waals surface area contributed by atoms with Crippen LogP contribution in [0.2, 0.25) is 0 Å². The van der Waals surface area contributed by atoms with E-state index in [1.54, 1.807) is 30.0 Å². The third-order valence-corrected chi connectivity index (χ3v) is 5.90. The van der Waals surface area contributed by atoms with E-state index in [4.69, 9.17) is 4.18 Å². The molecule has 10 heteroatoms. The number of carbonyl (C=O) groups excluding carboxylic acids is 1. The Kier molecular flexibility index (Phi) is 7.94. The normalized spacial score (nSPS) is 12.8. The van der Waals surface area contributed by atoms with Crippen molar-refractivity contribution in [3.63, 3.8) is 0 Å². The van der Waals surface area contributed by atoms with Crippen molar-refractivity contribution in [3.05, 3.63) is 59.7 Å². The standard InChI is InChI=1S/C21H25F3N2O4S/c1-4-15(3)26(20(27)25-5-2)14-16-9-6-7-12-19(16)30-31(28,29)18-11-8-10-17(13-18)21(22,23)24/h6-13,15H,4-5,14H2,1-3H3,(H,25,27). The minimum Gasteiger partial charge on any atom is -0.379 e. The SMILES string of the molecule is CCNC(=O)N(Cc1ccccc1OS(=O)(=O)c1cccc(C(F)(F)F)c1)C(C)CC. The molecule has 6 nitrogen and oxygen atoms in total. The predicted octanol–water partition coefficient (Wildman–Crippen LogP) is 4.80. The van der Waals surface area contributed by atoms with Gasteiger partial charge in [-0.05, 0) is 44.5 Å². The smallest absolute Gasteiger partial charge is 0.379 e. The lowest BCUT2D eigenvalue weighted by molar-refractivity contribution is -0.137. The summed E-state index contributed by atoms with van der Waals surface area (Å²) >= 11 is 0. The second kappa shape index (κ2) is 10.0. The fourth-order valence-corrected chi connectivity index (χ4v) is 3.81. The summed E-state index contributed by atoms with van der Waals surface area (Å²) in [5, 5.41) is 2.72. The van der Waals surface area contributed by atoms with E-state index < -0.39 is 26.8 Å². The number of halogens is 3. The van der Waals surface area contributed by atoms with Crippen LogP contribution in [0.4, 0.5) is 18.0 Å². The Hall–Kier alpha value is -2.75. The van der Waals surface area contributed by atoms with Crippen LogP contribution in [-0.4, -0.2) is 31.9 Å². The minimum absolute atomic E-state index is 0.0579. The Morgan fingerprint density at radius 3 is 2.42 bits per heavy atom. The second-order valence-corrected chi connectivity index (χ2v) is 8.44. The van der Waals surface area contributed by atoms with E-state index in [-0.39, 0.29) is 24.4 Å². The van der Waals surface area contributed by atoms with Crippen molar-refractivity contribution < 1.29 is 30.6 Å². The van der Waals surface area contributed by atoms with Gasteiger partial charge in [-0.1, -0.05) is 31.2 Å². The first-order chi connectivity index (χ1) is 14.5. The molecule has 1 N–H and O–H groups in total. The first-order valence-electron chi connectivity index (χ1n) is 9.73. The molecule has 0 radical (unpaired) electrons. The van der Waals surface area contributed by atoms with Crippen molar-refractivity contribution in [1.29, 1.82) is 0 Å². The minimum atomic E-state index is -4.69. The quantitative estimate of drug-likeness (QED) is 0.577. The summed E-state index contributed by atoms with van der Waals surface area (Å²) in [5.41, 5.74) is -0.686. The van der Waals surface area contributed by atoms with Gasteiger partial charge < -0.3 is 14.4 Å². The molecule has 2 aromatic rings. The van der Waals surface area contributed by atoms with Gasteiger partial charge >= 0.3 is 22.3 Å². The summed E-state index contributed by atoms with van der Waals surface area (Å²) in [6.45, 7) is 6.05. The van der Waals surface area contributed by atoms with E-state index in [0.717, 1.165) is 18.2 Å². The molecule has 0 fully saturated rings. The van der Waals surface area contributed by atoms with Crippen molar-refractivity contribution in [2.45, 2.75) is 50.9 Å². The summed E-state index contributed by atoms with van der Waals surface area (Å²) in [4.78, 5) is 13.4. The number of nitrogens with one attached hydrogen (secondary N) is 1. The molecule has 170 valence electrons. The fourth-order valence-electron chi connectivity index (χ4n) is 2.79. The first-order valence-corrected chi connectivity index (χ1v) is 11.1. The van der Waals surface area contributed by atoms with Gasteiger partial charge in [0.15, 0.2) is 0 Å². The molecule has 0 bridgehead atoms. The Balaban J connectivity index is 2.36. The van der Waals surface area contributed by atoms with Crippen LogP contribution < -0.4 is 9.50 Å². The molecule has 31 heavy (non-hydrogen) atoms. The molecule has 0 heterocycles. The molecule has 0 saturated carbocycles. The van der Waals surface area contributed by atoms with Crippen molar-refractivity contribution in [2.24, 2.45) is 0 Å². The average Bonchev–Trinajstić information content (AvgIpc) is 2.72. The van der Waals surface area contributed by atoms with Crippen LogP contribution in [0.5, 0.6) is 5.75 Å². The maximum atomic E-state index is 13.0.